The van der Waals surface area contributed by atoms with Crippen LogP contribution in [0, 0.1) is 0 Å². The Balaban J connectivity index is 1.60. The molecule has 2 aliphatic rings. The molecule has 2 fully saturated rings. The summed E-state index contributed by atoms with van der Waals surface area (Å²) in [7, 11) is -1.69. The molecule has 0 radical (unpaired) electrons. The zero-order valence-corrected chi connectivity index (χ0v) is 13.9. The van der Waals surface area contributed by atoms with Gasteiger partial charge in [0.1, 0.15) is 17.9 Å². The number of nitrogens with zero attached hydrogens (tertiary/aromatic N) is 1. The molecule has 2 amide bonds. The second-order valence-electron chi connectivity index (χ2n) is 5.67. The quantitative estimate of drug-likeness (QED) is 0.794. The molecule has 0 bridgehead atoms. The van der Waals surface area contributed by atoms with Crippen LogP contribution in [-0.4, -0.2) is 63.2 Å². The second-order valence-corrected chi connectivity index (χ2v) is 7.50. The number of hydrogen-bond acceptors (Lipinski definition) is 5. The van der Waals surface area contributed by atoms with Gasteiger partial charge in [-0.15, -0.1) is 0 Å². The van der Waals surface area contributed by atoms with Crippen molar-refractivity contribution in [2.45, 2.75) is 10.4 Å². The Kier molecular flexibility index (Phi) is 4.22. The Hall–Kier alpha value is -2.13. The standard InChI is InChI=1S/C14H13ClN2O6S/c15-9-3-8(12(19)20)1-2-10(9)24(22)4-11(18)17-5-14(6-17)7-23-13(21)16-14/h1-3H,4-7H2,(H,16,21)(H,19,20). The van der Waals surface area contributed by atoms with Crippen LogP contribution in [0.5, 0.6) is 0 Å². The molecule has 2 saturated heterocycles. The fraction of sp³-hybridized carbons (Fsp3) is 0.357. The lowest BCUT2D eigenvalue weighted by Gasteiger charge is -2.45. The number of aromatic carboxylic acids is 1. The van der Waals surface area contributed by atoms with Crippen molar-refractivity contribution in [3.63, 3.8) is 0 Å². The maximum Gasteiger partial charge on any atom is 0.407 e. The van der Waals surface area contributed by atoms with Crippen molar-refractivity contribution >= 4 is 40.4 Å². The lowest BCUT2D eigenvalue weighted by Crippen LogP contribution is -2.70. The lowest BCUT2D eigenvalue weighted by atomic mass is 9.92. The topological polar surface area (TPSA) is 113 Å². The molecular weight excluding hydrogens is 360 g/mol. The van der Waals surface area contributed by atoms with Crippen molar-refractivity contribution in [1.29, 1.82) is 0 Å². The predicted octanol–water partition coefficient (Wildman–Crippen LogP) is 0.467. The van der Waals surface area contributed by atoms with E-state index in [-0.39, 0.29) is 33.7 Å². The summed E-state index contributed by atoms with van der Waals surface area (Å²) in [5, 5.41) is 11.6. The van der Waals surface area contributed by atoms with Crippen LogP contribution in [0.4, 0.5) is 4.79 Å². The minimum atomic E-state index is -1.69. The number of carboxylic acids is 1. The number of halogens is 1. The van der Waals surface area contributed by atoms with E-state index >= 15 is 0 Å². The SMILES string of the molecule is O=C1NC2(CO1)CN(C(=O)CS(=O)c1ccc(C(=O)O)cc1Cl)C2. The van der Waals surface area contributed by atoms with Gasteiger partial charge in [-0.25, -0.2) is 9.59 Å². The van der Waals surface area contributed by atoms with E-state index < -0.39 is 28.4 Å². The Bertz CT molecular complexity index is 762. The number of nitrogens with one attached hydrogen (secondary N) is 1. The summed E-state index contributed by atoms with van der Waals surface area (Å²) in [4.78, 5) is 35.8. The Morgan fingerprint density at radius 2 is 2.12 bits per heavy atom. The first-order valence-electron chi connectivity index (χ1n) is 6.94. The molecule has 8 nitrogen and oxygen atoms in total. The van der Waals surface area contributed by atoms with Gasteiger partial charge in [-0.05, 0) is 18.2 Å². The van der Waals surface area contributed by atoms with Crippen molar-refractivity contribution in [3.8, 4) is 0 Å². The fourth-order valence-electron chi connectivity index (χ4n) is 2.62. The van der Waals surface area contributed by atoms with Gasteiger partial charge < -0.3 is 20.1 Å². The van der Waals surface area contributed by atoms with Gasteiger partial charge in [-0.1, -0.05) is 11.6 Å². The summed E-state index contributed by atoms with van der Waals surface area (Å²) in [6.45, 7) is 0.822. The summed E-state index contributed by atoms with van der Waals surface area (Å²) >= 11 is 5.95. The van der Waals surface area contributed by atoms with Crippen molar-refractivity contribution in [3.05, 3.63) is 28.8 Å². The minimum Gasteiger partial charge on any atom is -0.478 e. The molecular formula is C14H13ClN2O6S. The highest BCUT2D eigenvalue weighted by Gasteiger charge is 2.51. The smallest absolute Gasteiger partial charge is 0.407 e. The van der Waals surface area contributed by atoms with Crippen LogP contribution in [0.2, 0.25) is 5.02 Å². The largest absolute Gasteiger partial charge is 0.478 e. The number of rotatable bonds is 4. The molecule has 1 atom stereocenters. The van der Waals surface area contributed by atoms with E-state index in [0.29, 0.717) is 13.1 Å². The first kappa shape index (κ1) is 16.7. The summed E-state index contributed by atoms with van der Waals surface area (Å²) in [6, 6.07) is 3.83. The maximum atomic E-state index is 12.3. The van der Waals surface area contributed by atoms with E-state index in [1.807, 2.05) is 0 Å². The third kappa shape index (κ3) is 3.09. The van der Waals surface area contributed by atoms with E-state index in [1.54, 1.807) is 0 Å². The number of carbonyl (C=O) groups excluding carboxylic acids is 2. The fourth-order valence-corrected chi connectivity index (χ4v) is 4.12. The van der Waals surface area contributed by atoms with Crippen LogP contribution in [-0.2, 0) is 20.3 Å². The number of alkyl carbamates (subject to hydrolysis) is 1. The summed E-state index contributed by atoms with van der Waals surface area (Å²) in [5.41, 5.74) is -0.552. The molecule has 0 aliphatic carbocycles. The Labute approximate surface area is 144 Å². The maximum absolute atomic E-state index is 12.3. The molecule has 2 aliphatic heterocycles. The van der Waals surface area contributed by atoms with Gasteiger partial charge in [0, 0.05) is 13.1 Å². The number of amides is 2. The lowest BCUT2D eigenvalue weighted by molar-refractivity contribution is -0.136. The molecule has 0 aromatic heterocycles. The van der Waals surface area contributed by atoms with Gasteiger partial charge in [0.2, 0.25) is 5.91 Å². The number of ether oxygens (including phenoxy) is 1. The van der Waals surface area contributed by atoms with Crippen molar-refractivity contribution in [2.75, 3.05) is 25.4 Å². The first-order valence-corrected chi connectivity index (χ1v) is 8.63. The highest BCUT2D eigenvalue weighted by atomic mass is 35.5. The molecule has 128 valence electrons. The third-order valence-corrected chi connectivity index (χ3v) is 5.65. The van der Waals surface area contributed by atoms with Crippen LogP contribution in [0.25, 0.3) is 0 Å². The number of cyclic esters (lactones) is 1. The number of carbonyl (C=O) groups is 3. The zero-order valence-electron chi connectivity index (χ0n) is 12.3. The van der Waals surface area contributed by atoms with Crippen LogP contribution >= 0.6 is 11.6 Å². The van der Waals surface area contributed by atoms with E-state index in [4.69, 9.17) is 21.4 Å². The Morgan fingerprint density at radius 1 is 1.42 bits per heavy atom. The normalized spacial score (nSPS) is 19.4. The molecule has 3 rings (SSSR count). The summed E-state index contributed by atoms with van der Waals surface area (Å²) < 4.78 is 17.1. The van der Waals surface area contributed by atoms with E-state index in [2.05, 4.69) is 5.32 Å². The summed E-state index contributed by atoms with van der Waals surface area (Å²) in [5.74, 6) is -1.74. The number of benzene rings is 1. The van der Waals surface area contributed by atoms with Gasteiger partial charge in [-0.2, -0.15) is 0 Å². The van der Waals surface area contributed by atoms with E-state index in [0.717, 1.165) is 0 Å². The van der Waals surface area contributed by atoms with Crippen LogP contribution in [0.3, 0.4) is 0 Å². The van der Waals surface area contributed by atoms with Crippen molar-refractivity contribution < 1.29 is 28.4 Å². The van der Waals surface area contributed by atoms with Gasteiger partial charge >= 0.3 is 12.1 Å². The zero-order chi connectivity index (χ0) is 17.5. The van der Waals surface area contributed by atoms with Gasteiger partial charge in [0.05, 0.1) is 26.3 Å². The van der Waals surface area contributed by atoms with Crippen LogP contribution in [0.15, 0.2) is 23.1 Å². The molecule has 1 aromatic rings. The monoisotopic (exact) mass is 372 g/mol. The highest BCUT2D eigenvalue weighted by Crippen LogP contribution is 2.27. The second kappa shape index (κ2) is 6.06. The average Bonchev–Trinajstić information content (AvgIpc) is 2.87. The minimum absolute atomic E-state index is 0.0197. The number of carboxylic acid groups (broad SMARTS) is 1. The molecule has 24 heavy (non-hydrogen) atoms. The first-order chi connectivity index (χ1) is 11.3. The molecule has 10 heteroatoms. The van der Waals surface area contributed by atoms with Crippen LogP contribution < -0.4 is 5.32 Å². The van der Waals surface area contributed by atoms with Gasteiger partial charge in [0.15, 0.2) is 0 Å². The predicted molar refractivity (Wildman–Crippen MR) is 83.5 cm³/mol. The van der Waals surface area contributed by atoms with Gasteiger partial charge in [0.25, 0.3) is 0 Å². The summed E-state index contributed by atoms with van der Waals surface area (Å²) in [6.07, 6.45) is -0.504. The highest BCUT2D eigenvalue weighted by molar-refractivity contribution is 7.85. The van der Waals surface area contributed by atoms with Crippen LogP contribution in [0.1, 0.15) is 10.4 Å². The van der Waals surface area contributed by atoms with Crippen molar-refractivity contribution in [2.24, 2.45) is 0 Å². The third-order valence-electron chi connectivity index (χ3n) is 3.87. The molecule has 2 N–H and O–H groups in total. The van der Waals surface area contributed by atoms with E-state index in [9.17, 15) is 18.6 Å². The van der Waals surface area contributed by atoms with Gasteiger partial charge in [-0.3, -0.25) is 9.00 Å². The molecule has 0 saturated carbocycles. The van der Waals surface area contributed by atoms with E-state index in [1.165, 1.54) is 23.1 Å². The molecule has 1 spiro atoms. The number of likely N-dealkylation sites (tertiary alicyclic amines) is 1. The van der Waals surface area contributed by atoms with Crippen molar-refractivity contribution in [1.82, 2.24) is 10.2 Å². The number of hydrogen-bond donors (Lipinski definition) is 2. The average molecular weight is 373 g/mol. The molecule has 1 unspecified atom stereocenters. The Morgan fingerprint density at radius 3 is 2.67 bits per heavy atom. The molecule has 2 heterocycles. The molecule has 1 aromatic carbocycles.